The molecule has 9 nitrogen and oxygen atoms in total. The van der Waals surface area contributed by atoms with E-state index >= 15 is 0 Å². The molecular formula is C26H21ClF2N4O5S. The number of benzene rings is 2. The van der Waals surface area contributed by atoms with Crippen LogP contribution in [0.15, 0.2) is 58.5 Å². The van der Waals surface area contributed by atoms with E-state index < -0.39 is 34.6 Å². The summed E-state index contributed by atoms with van der Waals surface area (Å²) in [6.07, 6.45) is 1.56. The van der Waals surface area contributed by atoms with E-state index in [2.05, 4.69) is 20.0 Å². The number of halogens is 3. The molecule has 4 rings (SSSR count). The molecule has 2 aromatic carbocycles. The number of hydrogen-bond acceptors (Lipinski definition) is 9. The van der Waals surface area contributed by atoms with Crippen molar-refractivity contribution in [1.29, 1.82) is 0 Å². The van der Waals surface area contributed by atoms with Crippen LogP contribution in [-0.2, 0) is 23.9 Å². The van der Waals surface area contributed by atoms with Crippen LogP contribution in [0.25, 0.3) is 5.70 Å². The minimum atomic E-state index is -1.27. The zero-order valence-corrected chi connectivity index (χ0v) is 22.4. The van der Waals surface area contributed by atoms with Gasteiger partial charge in [0.15, 0.2) is 22.5 Å². The fourth-order valence-electron chi connectivity index (χ4n) is 3.91. The quantitative estimate of drug-likeness (QED) is 0.331. The van der Waals surface area contributed by atoms with Gasteiger partial charge < -0.3 is 19.7 Å². The average molecular weight is 575 g/mol. The minimum absolute atomic E-state index is 0.0172. The van der Waals surface area contributed by atoms with E-state index in [1.807, 2.05) is 0 Å². The monoisotopic (exact) mass is 574 g/mol. The number of ether oxygens (including phenoxy) is 2. The van der Waals surface area contributed by atoms with Gasteiger partial charge in [-0.3, -0.25) is 14.6 Å². The SMILES string of the molecule is COC(=O)CN(C(C)=O)c1ccc(C2=C(C(=O)OC)C(c3ccc(F)c(F)c3Cl)N=C(c3nccs3)N2)cc1. The van der Waals surface area contributed by atoms with Gasteiger partial charge in [-0.2, -0.15) is 0 Å². The lowest BCUT2D eigenvalue weighted by molar-refractivity contribution is -0.140. The highest BCUT2D eigenvalue weighted by molar-refractivity contribution is 7.11. The first-order valence-electron chi connectivity index (χ1n) is 11.3. The number of methoxy groups -OCH3 is 2. The summed E-state index contributed by atoms with van der Waals surface area (Å²) < 4.78 is 38.0. The molecule has 1 N–H and O–H groups in total. The number of aliphatic imine (C=N–C) groups is 1. The Morgan fingerprint density at radius 2 is 1.82 bits per heavy atom. The summed E-state index contributed by atoms with van der Waals surface area (Å²) in [5.41, 5.74) is 1.15. The van der Waals surface area contributed by atoms with Crippen LogP contribution in [0.2, 0.25) is 5.02 Å². The molecule has 1 unspecified atom stereocenters. The molecule has 13 heteroatoms. The highest BCUT2D eigenvalue weighted by Crippen LogP contribution is 2.40. The van der Waals surface area contributed by atoms with Crippen molar-refractivity contribution in [2.75, 3.05) is 25.7 Å². The Kier molecular flexibility index (Phi) is 8.36. The molecule has 0 spiro atoms. The third-order valence-corrected chi connectivity index (χ3v) is 6.97. The smallest absolute Gasteiger partial charge is 0.338 e. The molecule has 0 aliphatic carbocycles. The Labute approximate surface area is 230 Å². The molecule has 0 saturated carbocycles. The second-order valence-corrected chi connectivity index (χ2v) is 9.39. The lowest BCUT2D eigenvalue weighted by Crippen LogP contribution is -2.34. The summed E-state index contributed by atoms with van der Waals surface area (Å²) in [4.78, 5) is 47.1. The van der Waals surface area contributed by atoms with Crippen LogP contribution in [-0.4, -0.2) is 49.4 Å². The van der Waals surface area contributed by atoms with Gasteiger partial charge in [-0.15, -0.1) is 11.3 Å². The molecular weight excluding hydrogens is 554 g/mol. The van der Waals surface area contributed by atoms with Crippen LogP contribution in [0.4, 0.5) is 14.5 Å². The maximum atomic E-state index is 14.5. The van der Waals surface area contributed by atoms with Gasteiger partial charge >= 0.3 is 11.9 Å². The number of rotatable bonds is 7. The zero-order valence-electron chi connectivity index (χ0n) is 20.8. The third-order valence-electron chi connectivity index (χ3n) is 5.81. The van der Waals surface area contributed by atoms with Crippen molar-refractivity contribution in [3.63, 3.8) is 0 Å². The predicted octanol–water partition coefficient (Wildman–Crippen LogP) is 4.28. The van der Waals surface area contributed by atoms with E-state index in [0.29, 0.717) is 16.3 Å². The number of amidine groups is 1. The minimum Gasteiger partial charge on any atom is -0.468 e. The molecule has 202 valence electrons. The number of esters is 2. The molecule has 1 aromatic heterocycles. The fourth-order valence-corrected chi connectivity index (χ4v) is 4.76. The normalized spacial score (nSPS) is 14.8. The number of nitrogens with one attached hydrogen (secondary N) is 1. The summed E-state index contributed by atoms with van der Waals surface area (Å²) >= 11 is 7.45. The maximum absolute atomic E-state index is 14.5. The van der Waals surface area contributed by atoms with E-state index in [4.69, 9.17) is 16.3 Å². The largest absolute Gasteiger partial charge is 0.468 e. The summed E-state index contributed by atoms with van der Waals surface area (Å²) in [6, 6.07) is 7.36. The molecule has 3 aromatic rings. The van der Waals surface area contributed by atoms with Gasteiger partial charge in [-0.25, -0.2) is 18.6 Å². The van der Waals surface area contributed by atoms with Crippen molar-refractivity contribution in [3.8, 4) is 0 Å². The Balaban J connectivity index is 1.88. The summed E-state index contributed by atoms with van der Waals surface area (Å²) in [5.74, 6) is -3.94. The number of anilines is 1. The lowest BCUT2D eigenvalue weighted by Gasteiger charge is -2.28. The van der Waals surface area contributed by atoms with Crippen molar-refractivity contribution in [3.05, 3.63) is 86.3 Å². The standard InChI is InChI=1S/C26H21ClF2N4O5S/c1-13(34)33(12-18(35)37-2)15-6-4-14(5-7-15)22-19(26(36)38-3)23(16-8-9-17(28)21(29)20(16)27)32-24(31-22)25-30-10-11-39-25/h4-11,23H,12H2,1-3H3,(H,31,32). The van der Waals surface area contributed by atoms with Gasteiger partial charge in [0.05, 0.1) is 30.5 Å². The molecule has 0 saturated heterocycles. The van der Waals surface area contributed by atoms with Crippen molar-refractivity contribution < 1.29 is 32.6 Å². The van der Waals surface area contributed by atoms with Crippen LogP contribution >= 0.6 is 22.9 Å². The highest BCUT2D eigenvalue weighted by atomic mass is 35.5. The van der Waals surface area contributed by atoms with E-state index in [1.165, 1.54) is 43.4 Å². The lowest BCUT2D eigenvalue weighted by atomic mass is 9.92. The Hall–Kier alpha value is -4.16. The Bertz CT molecular complexity index is 1490. The predicted molar refractivity (Wildman–Crippen MR) is 141 cm³/mol. The average Bonchev–Trinajstić information content (AvgIpc) is 3.49. The number of carbonyl (C=O) groups excluding carboxylic acids is 3. The maximum Gasteiger partial charge on any atom is 0.338 e. The van der Waals surface area contributed by atoms with E-state index in [-0.39, 0.29) is 35.1 Å². The first-order chi connectivity index (χ1) is 18.7. The van der Waals surface area contributed by atoms with Gasteiger partial charge in [0.1, 0.15) is 12.6 Å². The Morgan fingerprint density at radius 3 is 2.41 bits per heavy atom. The number of hydrogen-bond donors (Lipinski definition) is 1. The molecule has 1 atom stereocenters. The second kappa shape index (κ2) is 11.7. The van der Waals surface area contributed by atoms with Crippen LogP contribution in [0.1, 0.15) is 29.1 Å². The molecule has 0 radical (unpaired) electrons. The van der Waals surface area contributed by atoms with Crippen molar-refractivity contribution in [2.24, 2.45) is 4.99 Å². The van der Waals surface area contributed by atoms with Crippen molar-refractivity contribution in [2.45, 2.75) is 13.0 Å². The van der Waals surface area contributed by atoms with Crippen LogP contribution < -0.4 is 10.2 Å². The number of amides is 1. The van der Waals surface area contributed by atoms with Gasteiger partial charge in [0, 0.05) is 29.8 Å². The van der Waals surface area contributed by atoms with E-state index in [0.717, 1.165) is 6.07 Å². The van der Waals surface area contributed by atoms with Gasteiger partial charge in [-0.05, 0) is 23.8 Å². The van der Waals surface area contributed by atoms with Gasteiger partial charge in [0.2, 0.25) is 5.91 Å². The summed E-state index contributed by atoms with van der Waals surface area (Å²) in [7, 11) is 2.40. The first kappa shape index (κ1) is 27.9. The fraction of sp³-hybridized carbons (Fsp3) is 0.192. The molecule has 2 heterocycles. The first-order valence-corrected chi connectivity index (χ1v) is 12.6. The topological polar surface area (TPSA) is 110 Å². The number of aromatic nitrogens is 1. The second-order valence-electron chi connectivity index (χ2n) is 8.12. The molecule has 0 fully saturated rings. The number of thiazole rings is 1. The molecule has 39 heavy (non-hydrogen) atoms. The van der Waals surface area contributed by atoms with Crippen LogP contribution in [0.5, 0.6) is 0 Å². The van der Waals surface area contributed by atoms with Gasteiger partial charge in [0.25, 0.3) is 0 Å². The third kappa shape index (κ3) is 5.66. The summed E-state index contributed by atoms with van der Waals surface area (Å²) in [5, 5.41) is 4.78. The molecule has 1 aliphatic rings. The number of carbonyl (C=O) groups is 3. The van der Waals surface area contributed by atoms with Crippen LogP contribution in [0, 0.1) is 11.6 Å². The van der Waals surface area contributed by atoms with Gasteiger partial charge in [-0.1, -0.05) is 29.8 Å². The number of nitrogens with zero attached hydrogens (tertiary/aromatic N) is 3. The highest BCUT2D eigenvalue weighted by Gasteiger charge is 2.35. The van der Waals surface area contributed by atoms with Crippen LogP contribution in [0.3, 0.4) is 0 Å². The Morgan fingerprint density at radius 1 is 1.10 bits per heavy atom. The zero-order chi connectivity index (χ0) is 28.3. The van der Waals surface area contributed by atoms with E-state index in [9.17, 15) is 23.2 Å². The molecule has 1 amide bonds. The van der Waals surface area contributed by atoms with Crippen molar-refractivity contribution in [1.82, 2.24) is 10.3 Å². The van der Waals surface area contributed by atoms with E-state index in [1.54, 1.807) is 35.8 Å². The molecule has 1 aliphatic heterocycles. The molecule has 0 bridgehead atoms. The van der Waals surface area contributed by atoms with Crippen molar-refractivity contribution >= 4 is 58.0 Å². The summed E-state index contributed by atoms with van der Waals surface area (Å²) in [6.45, 7) is 1.02.